The second-order valence-corrected chi connectivity index (χ2v) is 4.04. The van der Waals surface area contributed by atoms with Crippen LogP contribution in [0.2, 0.25) is 0 Å². The van der Waals surface area contributed by atoms with Gasteiger partial charge in [0.15, 0.2) is 0 Å². The Morgan fingerprint density at radius 1 is 1.35 bits per heavy atom. The monoisotopic (exact) mass is 228 g/mol. The van der Waals surface area contributed by atoms with Gasteiger partial charge in [0.05, 0.1) is 17.6 Å². The highest BCUT2D eigenvalue weighted by molar-refractivity contribution is 5.79. The lowest BCUT2D eigenvalue weighted by Crippen LogP contribution is -2.04. The first-order valence-corrected chi connectivity index (χ1v) is 5.35. The number of imidazole rings is 1. The van der Waals surface area contributed by atoms with E-state index in [0.29, 0.717) is 12.5 Å². The number of aryl methyl sites for hydroxylation is 1. The molecule has 0 aliphatic rings. The predicted octanol–water partition coefficient (Wildman–Crippen LogP) is 1.96. The number of hydrogen-bond donors (Lipinski definition) is 1. The lowest BCUT2D eigenvalue weighted by atomic mass is 10.2. The first-order valence-electron chi connectivity index (χ1n) is 5.35. The summed E-state index contributed by atoms with van der Waals surface area (Å²) >= 11 is 0. The van der Waals surface area contributed by atoms with Crippen molar-refractivity contribution in [2.24, 2.45) is 0 Å². The van der Waals surface area contributed by atoms with E-state index in [1.807, 2.05) is 29.7 Å². The molecular formula is C12H12N4O. The number of nitrogens with zero attached hydrogens (tertiary/aromatic N) is 3. The third-order valence-corrected chi connectivity index (χ3v) is 2.74. The SMILES string of the molecule is Cc1ccc2nc(N)n(Cc3ccon3)c2c1. The lowest BCUT2D eigenvalue weighted by Gasteiger charge is -2.03. The van der Waals surface area contributed by atoms with Crippen molar-refractivity contribution >= 4 is 17.0 Å². The van der Waals surface area contributed by atoms with Gasteiger partial charge in [-0.3, -0.25) is 0 Å². The van der Waals surface area contributed by atoms with Gasteiger partial charge >= 0.3 is 0 Å². The minimum Gasteiger partial charge on any atom is -0.369 e. The van der Waals surface area contributed by atoms with Gasteiger partial charge in [0, 0.05) is 6.07 Å². The molecule has 2 heterocycles. The fraction of sp³-hybridized carbons (Fsp3) is 0.167. The number of nitrogen functional groups attached to an aromatic ring is 1. The van der Waals surface area contributed by atoms with Crippen LogP contribution in [0.3, 0.4) is 0 Å². The van der Waals surface area contributed by atoms with E-state index in [4.69, 9.17) is 10.3 Å². The number of fused-ring (bicyclic) bond motifs is 1. The summed E-state index contributed by atoms with van der Waals surface area (Å²) in [5, 5.41) is 3.88. The first-order chi connectivity index (χ1) is 8.24. The number of nitrogens with two attached hydrogens (primary N) is 1. The summed E-state index contributed by atoms with van der Waals surface area (Å²) < 4.78 is 6.75. The van der Waals surface area contributed by atoms with Crippen LogP contribution in [0.1, 0.15) is 11.3 Å². The van der Waals surface area contributed by atoms with Crippen LogP contribution in [0, 0.1) is 6.92 Å². The summed E-state index contributed by atoms with van der Waals surface area (Å²) in [7, 11) is 0. The van der Waals surface area contributed by atoms with E-state index >= 15 is 0 Å². The molecule has 3 rings (SSSR count). The van der Waals surface area contributed by atoms with Crippen molar-refractivity contribution in [2.75, 3.05) is 5.73 Å². The van der Waals surface area contributed by atoms with Gasteiger partial charge in [0.25, 0.3) is 0 Å². The smallest absolute Gasteiger partial charge is 0.201 e. The van der Waals surface area contributed by atoms with Crippen LogP contribution in [-0.2, 0) is 6.54 Å². The Bertz CT molecular complexity index is 655. The molecule has 0 unspecified atom stereocenters. The molecule has 86 valence electrons. The summed E-state index contributed by atoms with van der Waals surface area (Å²) in [6.45, 7) is 2.62. The highest BCUT2D eigenvalue weighted by Gasteiger charge is 2.09. The Kier molecular flexibility index (Phi) is 2.11. The highest BCUT2D eigenvalue weighted by Crippen LogP contribution is 2.20. The maximum Gasteiger partial charge on any atom is 0.201 e. The molecular weight excluding hydrogens is 216 g/mol. The van der Waals surface area contributed by atoms with E-state index in [1.165, 1.54) is 5.56 Å². The molecule has 1 aromatic carbocycles. The zero-order valence-electron chi connectivity index (χ0n) is 9.42. The maximum absolute atomic E-state index is 5.91. The van der Waals surface area contributed by atoms with E-state index < -0.39 is 0 Å². The van der Waals surface area contributed by atoms with Crippen molar-refractivity contribution in [3.63, 3.8) is 0 Å². The molecule has 2 N–H and O–H groups in total. The summed E-state index contributed by atoms with van der Waals surface area (Å²) in [5.74, 6) is 0.494. The summed E-state index contributed by atoms with van der Waals surface area (Å²) in [6.07, 6.45) is 1.55. The summed E-state index contributed by atoms with van der Waals surface area (Å²) in [5.41, 5.74) is 9.84. The van der Waals surface area contributed by atoms with E-state index in [0.717, 1.165) is 16.7 Å². The first kappa shape index (κ1) is 9.89. The Balaban J connectivity index is 2.14. The van der Waals surface area contributed by atoms with Gasteiger partial charge in [-0.05, 0) is 24.6 Å². The van der Waals surface area contributed by atoms with E-state index in [-0.39, 0.29) is 0 Å². The quantitative estimate of drug-likeness (QED) is 0.728. The molecule has 5 nitrogen and oxygen atoms in total. The summed E-state index contributed by atoms with van der Waals surface area (Å²) in [6, 6.07) is 7.88. The molecule has 0 saturated carbocycles. The van der Waals surface area contributed by atoms with Crippen LogP contribution < -0.4 is 5.73 Å². The molecule has 0 amide bonds. The van der Waals surface area contributed by atoms with Gasteiger partial charge in [-0.2, -0.15) is 0 Å². The molecule has 0 saturated heterocycles. The van der Waals surface area contributed by atoms with Crippen molar-refractivity contribution in [1.82, 2.24) is 14.7 Å². The molecule has 0 aliphatic carbocycles. The number of aromatic nitrogens is 3. The number of rotatable bonds is 2. The van der Waals surface area contributed by atoms with Crippen molar-refractivity contribution in [3.05, 3.63) is 41.8 Å². The molecule has 2 aromatic heterocycles. The number of hydrogen-bond acceptors (Lipinski definition) is 4. The van der Waals surface area contributed by atoms with Gasteiger partial charge in [-0.25, -0.2) is 4.98 Å². The fourth-order valence-electron chi connectivity index (χ4n) is 1.90. The zero-order chi connectivity index (χ0) is 11.8. The van der Waals surface area contributed by atoms with E-state index in [9.17, 15) is 0 Å². The minimum atomic E-state index is 0.494. The van der Waals surface area contributed by atoms with Gasteiger partial charge in [-0.1, -0.05) is 11.2 Å². The van der Waals surface area contributed by atoms with Gasteiger partial charge in [0.2, 0.25) is 5.95 Å². The third kappa shape index (κ3) is 1.65. The van der Waals surface area contributed by atoms with Gasteiger partial charge < -0.3 is 14.8 Å². The fourth-order valence-corrected chi connectivity index (χ4v) is 1.90. The van der Waals surface area contributed by atoms with Crippen LogP contribution in [-0.4, -0.2) is 14.7 Å². The predicted molar refractivity (Wildman–Crippen MR) is 64.5 cm³/mol. The van der Waals surface area contributed by atoms with Crippen LogP contribution in [0.5, 0.6) is 0 Å². The largest absolute Gasteiger partial charge is 0.369 e. The Morgan fingerprint density at radius 2 is 2.24 bits per heavy atom. The van der Waals surface area contributed by atoms with Gasteiger partial charge in [0.1, 0.15) is 12.0 Å². The third-order valence-electron chi connectivity index (χ3n) is 2.74. The normalized spacial score (nSPS) is 11.1. The van der Waals surface area contributed by atoms with Crippen LogP contribution in [0.4, 0.5) is 5.95 Å². The summed E-state index contributed by atoms with van der Waals surface area (Å²) in [4.78, 5) is 4.32. The van der Waals surface area contributed by atoms with Crippen LogP contribution in [0.15, 0.2) is 35.1 Å². The second kappa shape index (κ2) is 3.62. The van der Waals surface area contributed by atoms with Crippen molar-refractivity contribution in [3.8, 4) is 0 Å². The zero-order valence-corrected chi connectivity index (χ0v) is 9.42. The van der Waals surface area contributed by atoms with Gasteiger partial charge in [-0.15, -0.1) is 0 Å². The molecule has 0 radical (unpaired) electrons. The number of benzene rings is 1. The minimum absolute atomic E-state index is 0.494. The Morgan fingerprint density at radius 3 is 3.00 bits per heavy atom. The highest BCUT2D eigenvalue weighted by atomic mass is 16.5. The molecule has 0 fully saturated rings. The average molecular weight is 228 g/mol. The average Bonchev–Trinajstić information content (AvgIpc) is 2.90. The van der Waals surface area contributed by atoms with E-state index in [2.05, 4.69) is 16.2 Å². The van der Waals surface area contributed by atoms with Crippen LogP contribution in [0.25, 0.3) is 11.0 Å². The molecule has 0 bridgehead atoms. The maximum atomic E-state index is 5.91. The van der Waals surface area contributed by atoms with Crippen molar-refractivity contribution in [2.45, 2.75) is 13.5 Å². The molecule has 3 aromatic rings. The molecule has 17 heavy (non-hydrogen) atoms. The lowest BCUT2D eigenvalue weighted by molar-refractivity contribution is 0.410. The number of anilines is 1. The van der Waals surface area contributed by atoms with Crippen LogP contribution >= 0.6 is 0 Å². The Hall–Kier alpha value is -2.30. The van der Waals surface area contributed by atoms with Crippen molar-refractivity contribution < 1.29 is 4.52 Å². The molecule has 0 atom stereocenters. The Labute approximate surface area is 97.8 Å². The van der Waals surface area contributed by atoms with Crippen molar-refractivity contribution in [1.29, 1.82) is 0 Å². The molecule has 5 heteroatoms. The molecule has 0 spiro atoms. The second-order valence-electron chi connectivity index (χ2n) is 4.04. The topological polar surface area (TPSA) is 69.9 Å². The molecule has 0 aliphatic heterocycles. The standard InChI is InChI=1S/C12H12N4O/c1-8-2-3-10-11(6-8)16(12(13)14-10)7-9-4-5-17-15-9/h2-6H,7H2,1H3,(H2,13,14). The van der Waals surface area contributed by atoms with E-state index in [1.54, 1.807) is 6.26 Å².